The van der Waals surface area contributed by atoms with Crippen molar-refractivity contribution in [3.63, 3.8) is 0 Å². The fourth-order valence-electron chi connectivity index (χ4n) is 1.72. The summed E-state index contributed by atoms with van der Waals surface area (Å²) in [6.45, 7) is 4.28. The number of urea groups is 1. The topological polar surface area (TPSA) is 67.6 Å². The minimum atomic E-state index is -0.115. The molecule has 0 spiro atoms. The summed E-state index contributed by atoms with van der Waals surface area (Å²) < 4.78 is 5.02. The molecule has 0 unspecified atom stereocenters. The van der Waals surface area contributed by atoms with Crippen LogP contribution in [0.2, 0.25) is 0 Å². The zero-order valence-corrected chi connectivity index (χ0v) is 11.7. The van der Waals surface area contributed by atoms with E-state index in [4.69, 9.17) is 10.5 Å². The molecule has 0 saturated carbocycles. The van der Waals surface area contributed by atoms with Gasteiger partial charge in [0.15, 0.2) is 0 Å². The zero-order chi connectivity index (χ0) is 14.1. The number of nitrogens with two attached hydrogens (primary N) is 1. The van der Waals surface area contributed by atoms with Crippen molar-refractivity contribution in [3.8, 4) is 0 Å². The van der Waals surface area contributed by atoms with Crippen LogP contribution >= 0.6 is 0 Å². The van der Waals surface area contributed by atoms with Crippen LogP contribution in [0.4, 0.5) is 10.5 Å². The molecule has 0 aliphatic heterocycles. The molecule has 0 atom stereocenters. The lowest BCUT2D eigenvalue weighted by atomic mass is 10.2. The van der Waals surface area contributed by atoms with Crippen LogP contribution in [0.15, 0.2) is 24.3 Å². The van der Waals surface area contributed by atoms with Gasteiger partial charge in [-0.2, -0.15) is 0 Å². The molecule has 0 radical (unpaired) electrons. The number of methoxy groups -OCH3 is 1. The predicted molar refractivity (Wildman–Crippen MR) is 77.3 cm³/mol. The highest BCUT2D eigenvalue weighted by Crippen LogP contribution is 2.10. The molecule has 0 saturated heterocycles. The molecule has 0 aliphatic rings. The summed E-state index contributed by atoms with van der Waals surface area (Å²) in [6.07, 6.45) is 0.783. The van der Waals surface area contributed by atoms with Crippen LogP contribution in [0, 0.1) is 6.92 Å². The second kappa shape index (κ2) is 8.50. The van der Waals surface area contributed by atoms with Gasteiger partial charge in [0.25, 0.3) is 0 Å². The molecule has 0 aromatic heterocycles. The summed E-state index contributed by atoms with van der Waals surface area (Å²) in [6, 6.07) is 7.62. The van der Waals surface area contributed by atoms with E-state index >= 15 is 0 Å². The van der Waals surface area contributed by atoms with Crippen molar-refractivity contribution >= 4 is 11.7 Å². The second-order valence-electron chi connectivity index (χ2n) is 4.42. The van der Waals surface area contributed by atoms with Gasteiger partial charge < -0.3 is 20.7 Å². The second-order valence-corrected chi connectivity index (χ2v) is 4.42. The number of carbonyl (C=O) groups excluding carboxylic acids is 1. The molecule has 5 heteroatoms. The molecule has 19 heavy (non-hydrogen) atoms. The summed E-state index contributed by atoms with van der Waals surface area (Å²) in [5, 5.41) is 2.89. The van der Waals surface area contributed by atoms with Crippen LogP contribution in [0.3, 0.4) is 0 Å². The highest BCUT2D eigenvalue weighted by molar-refractivity contribution is 5.89. The number of carbonyl (C=O) groups is 1. The third kappa shape index (κ3) is 5.72. The number of nitrogens with one attached hydrogen (secondary N) is 1. The number of anilines is 1. The van der Waals surface area contributed by atoms with E-state index in [9.17, 15) is 4.79 Å². The summed E-state index contributed by atoms with van der Waals surface area (Å²) in [5.41, 5.74) is 7.41. The molecule has 0 fully saturated rings. The van der Waals surface area contributed by atoms with E-state index in [1.54, 1.807) is 12.0 Å². The molecule has 0 aliphatic carbocycles. The van der Waals surface area contributed by atoms with Crippen LogP contribution in [-0.4, -0.2) is 44.3 Å². The van der Waals surface area contributed by atoms with Gasteiger partial charge in [-0.3, -0.25) is 0 Å². The Bertz CT molecular complexity index is 388. The molecule has 3 N–H and O–H groups in total. The first kappa shape index (κ1) is 15.5. The van der Waals surface area contributed by atoms with Gasteiger partial charge in [-0.05, 0) is 37.6 Å². The SMILES string of the molecule is COCCN(CCCN)C(=O)Nc1cccc(C)c1. The van der Waals surface area contributed by atoms with E-state index < -0.39 is 0 Å². The third-order valence-electron chi connectivity index (χ3n) is 2.75. The molecular formula is C14H23N3O2. The number of aryl methyl sites for hydroxylation is 1. The fraction of sp³-hybridized carbons (Fsp3) is 0.500. The third-order valence-corrected chi connectivity index (χ3v) is 2.75. The van der Waals surface area contributed by atoms with E-state index in [0.717, 1.165) is 17.7 Å². The molecule has 1 rings (SSSR count). The normalized spacial score (nSPS) is 10.3. The lowest BCUT2D eigenvalue weighted by Crippen LogP contribution is -2.38. The molecule has 0 heterocycles. The average Bonchev–Trinajstić information content (AvgIpc) is 2.38. The first-order valence-corrected chi connectivity index (χ1v) is 6.49. The number of amides is 2. The lowest BCUT2D eigenvalue weighted by Gasteiger charge is -2.22. The molecule has 106 valence electrons. The molecule has 5 nitrogen and oxygen atoms in total. The molecule has 2 amide bonds. The van der Waals surface area contributed by atoms with E-state index in [1.165, 1.54) is 0 Å². The predicted octanol–water partition coefficient (Wildman–Crippen LogP) is 1.82. The largest absolute Gasteiger partial charge is 0.383 e. The number of ether oxygens (including phenoxy) is 1. The maximum atomic E-state index is 12.2. The first-order chi connectivity index (χ1) is 9.17. The lowest BCUT2D eigenvalue weighted by molar-refractivity contribution is 0.155. The van der Waals surface area contributed by atoms with Crippen molar-refractivity contribution < 1.29 is 9.53 Å². The van der Waals surface area contributed by atoms with Gasteiger partial charge in [0.05, 0.1) is 6.61 Å². The Labute approximate surface area is 114 Å². The number of rotatable bonds is 7. The highest BCUT2D eigenvalue weighted by Gasteiger charge is 2.12. The standard InChI is InChI=1S/C14H23N3O2/c1-12-5-3-6-13(11-12)16-14(18)17(8-4-7-15)9-10-19-2/h3,5-6,11H,4,7-10,15H2,1-2H3,(H,16,18). The van der Waals surface area contributed by atoms with Gasteiger partial charge in [0.1, 0.15) is 0 Å². The Morgan fingerprint density at radius 1 is 1.42 bits per heavy atom. The molecule has 0 bridgehead atoms. The molecular weight excluding hydrogens is 242 g/mol. The zero-order valence-electron chi connectivity index (χ0n) is 11.7. The summed E-state index contributed by atoms with van der Waals surface area (Å²) in [4.78, 5) is 13.9. The van der Waals surface area contributed by atoms with Crippen molar-refractivity contribution in [1.29, 1.82) is 0 Å². The van der Waals surface area contributed by atoms with Gasteiger partial charge in [-0.1, -0.05) is 12.1 Å². The van der Waals surface area contributed by atoms with Crippen molar-refractivity contribution in [3.05, 3.63) is 29.8 Å². The maximum absolute atomic E-state index is 12.2. The van der Waals surface area contributed by atoms with Crippen LogP contribution in [0.25, 0.3) is 0 Å². The smallest absolute Gasteiger partial charge is 0.321 e. The van der Waals surface area contributed by atoms with Crippen LogP contribution in [0.5, 0.6) is 0 Å². The van der Waals surface area contributed by atoms with E-state index in [1.807, 2.05) is 31.2 Å². The van der Waals surface area contributed by atoms with Gasteiger partial charge in [-0.25, -0.2) is 4.79 Å². The Hall–Kier alpha value is -1.59. The number of hydrogen-bond acceptors (Lipinski definition) is 3. The molecule has 1 aromatic rings. The average molecular weight is 265 g/mol. The van der Waals surface area contributed by atoms with Crippen LogP contribution < -0.4 is 11.1 Å². The monoisotopic (exact) mass is 265 g/mol. The Morgan fingerprint density at radius 2 is 2.21 bits per heavy atom. The fourth-order valence-corrected chi connectivity index (χ4v) is 1.72. The van der Waals surface area contributed by atoms with E-state index in [0.29, 0.717) is 26.2 Å². The van der Waals surface area contributed by atoms with Gasteiger partial charge >= 0.3 is 6.03 Å². The minimum Gasteiger partial charge on any atom is -0.383 e. The Morgan fingerprint density at radius 3 is 2.84 bits per heavy atom. The van der Waals surface area contributed by atoms with Crippen molar-refractivity contribution in [2.75, 3.05) is 38.7 Å². The highest BCUT2D eigenvalue weighted by atomic mass is 16.5. The van der Waals surface area contributed by atoms with Crippen molar-refractivity contribution in [1.82, 2.24) is 4.90 Å². The minimum absolute atomic E-state index is 0.115. The summed E-state index contributed by atoms with van der Waals surface area (Å²) in [5.74, 6) is 0. The number of benzene rings is 1. The van der Waals surface area contributed by atoms with Crippen LogP contribution in [0.1, 0.15) is 12.0 Å². The Balaban J connectivity index is 2.59. The maximum Gasteiger partial charge on any atom is 0.321 e. The van der Waals surface area contributed by atoms with Crippen LogP contribution in [-0.2, 0) is 4.74 Å². The number of nitrogens with zero attached hydrogens (tertiary/aromatic N) is 1. The molecule has 1 aromatic carbocycles. The number of hydrogen-bond donors (Lipinski definition) is 2. The van der Waals surface area contributed by atoms with Gasteiger partial charge in [0, 0.05) is 25.9 Å². The van der Waals surface area contributed by atoms with Crippen molar-refractivity contribution in [2.24, 2.45) is 5.73 Å². The van der Waals surface area contributed by atoms with Crippen molar-refractivity contribution in [2.45, 2.75) is 13.3 Å². The van der Waals surface area contributed by atoms with Gasteiger partial charge in [-0.15, -0.1) is 0 Å². The first-order valence-electron chi connectivity index (χ1n) is 6.49. The van der Waals surface area contributed by atoms with E-state index in [2.05, 4.69) is 5.32 Å². The Kier molecular flexibility index (Phi) is 6.92. The summed E-state index contributed by atoms with van der Waals surface area (Å²) in [7, 11) is 1.62. The van der Waals surface area contributed by atoms with E-state index in [-0.39, 0.29) is 6.03 Å². The quantitative estimate of drug-likeness (QED) is 0.790. The van der Waals surface area contributed by atoms with Gasteiger partial charge in [0.2, 0.25) is 0 Å². The summed E-state index contributed by atoms with van der Waals surface area (Å²) >= 11 is 0.